The van der Waals surface area contributed by atoms with Gasteiger partial charge in [0.2, 0.25) is 0 Å². The number of nitrogens with one attached hydrogen (secondary N) is 2. The predicted octanol–water partition coefficient (Wildman–Crippen LogP) is 5.22. The molecule has 0 amide bonds. The van der Waals surface area contributed by atoms with Crippen LogP contribution < -0.4 is 10.6 Å². The van der Waals surface area contributed by atoms with Crippen molar-refractivity contribution in [1.82, 2.24) is 10.6 Å². The van der Waals surface area contributed by atoms with Gasteiger partial charge in [0.15, 0.2) is 0 Å². The van der Waals surface area contributed by atoms with Crippen molar-refractivity contribution in [3.8, 4) is 0 Å². The fourth-order valence-electron chi connectivity index (χ4n) is 3.35. The van der Waals surface area contributed by atoms with Crippen molar-refractivity contribution in [2.24, 2.45) is 0 Å². The Morgan fingerprint density at radius 1 is 1.15 bits per heavy atom. The highest BCUT2D eigenvalue weighted by Crippen LogP contribution is 2.32. The first kappa shape index (κ1) is 19.5. The van der Waals surface area contributed by atoms with Crippen molar-refractivity contribution in [1.29, 1.82) is 0 Å². The summed E-state index contributed by atoms with van der Waals surface area (Å²) in [4.78, 5) is 0. The topological polar surface area (TPSA) is 24.1 Å². The molecule has 2 N–H and O–H groups in total. The summed E-state index contributed by atoms with van der Waals surface area (Å²) >= 11 is 0. The second kappa shape index (κ2) is 8.61. The van der Waals surface area contributed by atoms with E-state index in [9.17, 15) is 13.2 Å². The lowest BCUT2D eigenvalue weighted by atomic mass is 9.97. The quantitative estimate of drug-likeness (QED) is 0.738. The zero-order valence-electron chi connectivity index (χ0n) is 15.5. The summed E-state index contributed by atoms with van der Waals surface area (Å²) < 4.78 is 39.1. The minimum Gasteiger partial charge on any atom is -0.388 e. The van der Waals surface area contributed by atoms with Crippen LogP contribution in [0.5, 0.6) is 0 Å². The Labute approximate surface area is 158 Å². The van der Waals surface area contributed by atoms with Crippen molar-refractivity contribution in [2.45, 2.75) is 32.4 Å². The molecule has 144 valence electrons. The Morgan fingerprint density at radius 2 is 2.00 bits per heavy atom. The number of allylic oxidation sites excluding steroid dienone is 5. The first-order valence-electron chi connectivity index (χ1n) is 9.31. The number of benzene rings is 1. The van der Waals surface area contributed by atoms with E-state index in [1.165, 1.54) is 23.3 Å². The lowest BCUT2D eigenvalue weighted by Gasteiger charge is -2.23. The van der Waals surface area contributed by atoms with Gasteiger partial charge in [-0.05, 0) is 55.0 Å². The molecule has 0 fully saturated rings. The summed E-state index contributed by atoms with van der Waals surface area (Å²) in [6, 6.07) is 5.60. The molecule has 0 radical (unpaired) electrons. The first-order chi connectivity index (χ1) is 12.9. The van der Waals surface area contributed by atoms with Gasteiger partial charge in [0.25, 0.3) is 0 Å². The minimum absolute atomic E-state index is 0.579. The molecule has 0 bridgehead atoms. The van der Waals surface area contributed by atoms with Crippen LogP contribution in [0.4, 0.5) is 13.2 Å². The molecule has 1 heterocycles. The summed E-state index contributed by atoms with van der Waals surface area (Å²) in [5.74, 6) is 0. The largest absolute Gasteiger partial charge is 0.416 e. The molecule has 2 aliphatic rings. The van der Waals surface area contributed by atoms with Crippen molar-refractivity contribution in [3.05, 3.63) is 76.5 Å². The molecule has 5 heteroatoms. The van der Waals surface area contributed by atoms with Gasteiger partial charge in [-0.1, -0.05) is 42.0 Å². The molecule has 0 atom stereocenters. The molecule has 3 rings (SSSR count). The smallest absolute Gasteiger partial charge is 0.388 e. The van der Waals surface area contributed by atoms with Crippen LogP contribution in [-0.2, 0) is 6.18 Å². The normalized spacial score (nSPS) is 18.1. The van der Waals surface area contributed by atoms with Crippen molar-refractivity contribution in [3.63, 3.8) is 0 Å². The SMILES string of the molecule is CC1=CCC=C(CCNC2=C(c3cccc(C(F)(F)F)c3)CNCC2)C=C1. The molecule has 0 saturated carbocycles. The van der Waals surface area contributed by atoms with E-state index >= 15 is 0 Å². The van der Waals surface area contributed by atoms with Crippen LogP contribution in [0.1, 0.15) is 37.3 Å². The van der Waals surface area contributed by atoms with E-state index in [-0.39, 0.29) is 0 Å². The lowest BCUT2D eigenvalue weighted by Crippen LogP contribution is -2.30. The average Bonchev–Trinajstić information content (AvgIpc) is 2.86. The number of halogens is 3. The highest BCUT2D eigenvalue weighted by molar-refractivity contribution is 5.71. The Kier molecular flexibility index (Phi) is 6.22. The molecule has 1 aromatic carbocycles. The van der Waals surface area contributed by atoms with Crippen molar-refractivity contribution < 1.29 is 13.2 Å². The second-order valence-electron chi connectivity index (χ2n) is 6.94. The van der Waals surface area contributed by atoms with Gasteiger partial charge in [-0.25, -0.2) is 0 Å². The summed E-state index contributed by atoms with van der Waals surface area (Å²) in [5.41, 5.74) is 4.55. The number of rotatable bonds is 5. The Bertz CT molecular complexity index is 798. The average molecular weight is 374 g/mol. The zero-order chi connectivity index (χ0) is 19.3. The van der Waals surface area contributed by atoms with Crippen LogP contribution in [0.2, 0.25) is 0 Å². The minimum atomic E-state index is -4.32. The highest BCUT2D eigenvalue weighted by Gasteiger charge is 2.30. The van der Waals surface area contributed by atoms with Gasteiger partial charge in [-0.3, -0.25) is 0 Å². The summed E-state index contributed by atoms with van der Waals surface area (Å²) in [5, 5.41) is 6.74. The first-order valence-corrected chi connectivity index (χ1v) is 9.31. The van der Waals surface area contributed by atoms with Crippen molar-refractivity contribution in [2.75, 3.05) is 19.6 Å². The highest BCUT2D eigenvalue weighted by atomic mass is 19.4. The fourth-order valence-corrected chi connectivity index (χ4v) is 3.35. The van der Waals surface area contributed by atoms with Crippen LogP contribution >= 0.6 is 0 Å². The summed E-state index contributed by atoms with van der Waals surface area (Å²) in [7, 11) is 0. The second-order valence-corrected chi connectivity index (χ2v) is 6.94. The lowest BCUT2D eigenvalue weighted by molar-refractivity contribution is -0.137. The third-order valence-corrected chi connectivity index (χ3v) is 4.89. The number of hydrogen-bond donors (Lipinski definition) is 2. The molecular weight excluding hydrogens is 349 g/mol. The maximum Gasteiger partial charge on any atom is 0.416 e. The van der Waals surface area contributed by atoms with Crippen LogP contribution in [-0.4, -0.2) is 19.6 Å². The van der Waals surface area contributed by atoms with Crippen LogP contribution in [0, 0.1) is 0 Å². The van der Waals surface area contributed by atoms with Gasteiger partial charge in [-0.2, -0.15) is 13.2 Å². The Hall–Kier alpha value is -2.27. The van der Waals surface area contributed by atoms with Gasteiger partial charge in [-0.15, -0.1) is 0 Å². The third kappa shape index (κ3) is 5.36. The van der Waals surface area contributed by atoms with E-state index in [2.05, 4.69) is 41.9 Å². The molecule has 1 aliphatic carbocycles. The molecule has 2 nitrogen and oxygen atoms in total. The van der Waals surface area contributed by atoms with Crippen LogP contribution in [0.15, 0.2) is 65.4 Å². The van der Waals surface area contributed by atoms with Gasteiger partial charge < -0.3 is 10.6 Å². The van der Waals surface area contributed by atoms with Crippen LogP contribution in [0.25, 0.3) is 5.57 Å². The molecule has 0 saturated heterocycles. The molecule has 1 aromatic rings. The monoisotopic (exact) mass is 374 g/mol. The standard InChI is InChI=1S/C22H25F3N2/c1-16-4-2-5-17(9-8-16)10-13-27-21-11-12-26-15-20(21)18-6-3-7-19(14-18)22(23,24)25/h3-9,14,26-27H,2,10-13,15H2,1H3. The van der Waals surface area contributed by atoms with Gasteiger partial charge >= 0.3 is 6.18 Å². The van der Waals surface area contributed by atoms with Crippen molar-refractivity contribution >= 4 is 5.57 Å². The Balaban J connectivity index is 1.72. The van der Waals surface area contributed by atoms with E-state index in [4.69, 9.17) is 0 Å². The van der Waals surface area contributed by atoms with E-state index in [0.717, 1.165) is 49.7 Å². The Morgan fingerprint density at radius 3 is 2.81 bits per heavy atom. The molecule has 27 heavy (non-hydrogen) atoms. The van der Waals surface area contributed by atoms with E-state index in [1.807, 2.05) is 0 Å². The van der Waals surface area contributed by atoms with Gasteiger partial charge in [0, 0.05) is 25.3 Å². The third-order valence-electron chi connectivity index (χ3n) is 4.89. The summed E-state index contributed by atoms with van der Waals surface area (Å²) in [6.45, 7) is 4.27. The van der Waals surface area contributed by atoms with E-state index in [0.29, 0.717) is 12.1 Å². The maximum absolute atomic E-state index is 13.0. The molecule has 0 unspecified atom stereocenters. The maximum atomic E-state index is 13.0. The van der Waals surface area contributed by atoms with E-state index in [1.54, 1.807) is 6.07 Å². The fraction of sp³-hybridized carbons (Fsp3) is 0.364. The zero-order valence-corrected chi connectivity index (χ0v) is 15.5. The summed E-state index contributed by atoms with van der Waals surface area (Å²) in [6.07, 6.45) is 6.98. The number of alkyl halides is 3. The molecular formula is C22H25F3N2. The van der Waals surface area contributed by atoms with Gasteiger partial charge in [0.1, 0.15) is 0 Å². The number of hydrogen-bond acceptors (Lipinski definition) is 2. The molecule has 1 aliphatic heterocycles. The molecule has 0 aromatic heterocycles. The molecule has 0 spiro atoms. The predicted molar refractivity (Wildman–Crippen MR) is 104 cm³/mol. The van der Waals surface area contributed by atoms with Crippen LogP contribution in [0.3, 0.4) is 0 Å². The van der Waals surface area contributed by atoms with E-state index < -0.39 is 11.7 Å². The van der Waals surface area contributed by atoms with Gasteiger partial charge in [0.05, 0.1) is 5.56 Å².